The van der Waals surface area contributed by atoms with Crippen LogP contribution >= 0.6 is 11.6 Å². The van der Waals surface area contributed by atoms with Gasteiger partial charge in [-0.2, -0.15) is 0 Å². The van der Waals surface area contributed by atoms with Gasteiger partial charge < -0.3 is 9.88 Å². The number of fused-ring (bicyclic) bond motifs is 2. The molecule has 4 rings (SSSR count). The third-order valence-electron chi connectivity index (χ3n) is 4.66. The van der Waals surface area contributed by atoms with Crippen LogP contribution in [0.15, 0.2) is 59.4 Å². The Hall–Kier alpha value is -3.25. The van der Waals surface area contributed by atoms with Gasteiger partial charge in [0.15, 0.2) is 0 Å². The van der Waals surface area contributed by atoms with Gasteiger partial charge in [-0.15, -0.1) is 0 Å². The molecule has 29 heavy (non-hydrogen) atoms. The second-order valence-electron chi connectivity index (χ2n) is 6.79. The lowest BCUT2D eigenvalue weighted by Gasteiger charge is -2.21. The number of rotatable bonds is 5. The van der Waals surface area contributed by atoms with E-state index in [0.717, 1.165) is 17.3 Å². The third kappa shape index (κ3) is 3.98. The van der Waals surface area contributed by atoms with Gasteiger partial charge in [0.2, 0.25) is 0 Å². The van der Waals surface area contributed by atoms with Crippen LogP contribution in [0.5, 0.6) is 0 Å². The number of nitrogens with one attached hydrogen (secondary N) is 1. The van der Waals surface area contributed by atoms with Crippen LogP contribution in [0.1, 0.15) is 29.7 Å². The maximum Gasteiger partial charge on any atom is 0.272 e. The number of H-pyrrole nitrogens is 1. The van der Waals surface area contributed by atoms with Crippen molar-refractivity contribution in [2.45, 2.75) is 19.9 Å². The van der Waals surface area contributed by atoms with Gasteiger partial charge in [0, 0.05) is 17.0 Å². The maximum atomic E-state index is 13.1. The highest BCUT2D eigenvalue weighted by Crippen LogP contribution is 2.17. The fraction of sp³-hybridized carbons (Fsp3) is 0.182. The molecule has 2 aromatic carbocycles. The molecule has 0 aliphatic heterocycles. The van der Waals surface area contributed by atoms with Gasteiger partial charge in [-0.3, -0.25) is 9.59 Å². The predicted molar refractivity (Wildman–Crippen MR) is 114 cm³/mol. The van der Waals surface area contributed by atoms with Crippen molar-refractivity contribution >= 4 is 39.3 Å². The minimum atomic E-state index is -0.255. The number of carbonyl (C=O) groups is 1. The smallest absolute Gasteiger partial charge is 0.272 e. The Morgan fingerprint density at radius 1 is 1.07 bits per heavy atom. The van der Waals surface area contributed by atoms with E-state index in [1.54, 1.807) is 29.2 Å². The second-order valence-corrected chi connectivity index (χ2v) is 7.23. The largest absolute Gasteiger partial charge is 0.330 e. The monoisotopic (exact) mass is 406 g/mol. The number of amides is 1. The number of hydrogen-bond donors (Lipinski definition) is 1. The second kappa shape index (κ2) is 8.01. The summed E-state index contributed by atoms with van der Waals surface area (Å²) in [6, 6.07) is 16.2. The Kier molecular flexibility index (Phi) is 5.27. The normalized spacial score (nSPS) is 11.1. The summed E-state index contributed by atoms with van der Waals surface area (Å²) in [7, 11) is 0. The first kappa shape index (κ1) is 19.1. The van der Waals surface area contributed by atoms with E-state index >= 15 is 0 Å². The summed E-state index contributed by atoms with van der Waals surface area (Å²) in [6.07, 6.45) is 0.767. The van der Waals surface area contributed by atoms with Crippen LogP contribution in [0.4, 0.5) is 0 Å². The van der Waals surface area contributed by atoms with Crippen molar-refractivity contribution < 1.29 is 4.79 Å². The molecule has 0 spiro atoms. The van der Waals surface area contributed by atoms with Crippen molar-refractivity contribution in [3.8, 4) is 0 Å². The Morgan fingerprint density at radius 2 is 1.90 bits per heavy atom. The average molecular weight is 407 g/mol. The number of nitrogens with zero attached hydrogens (tertiary/aromatic N) is 3. The van der Waals surface area contributed by atoms with Crippen molar-refractivity contribution in [2.75, 3.05) is 6.54 Å². The molecular weight excluding hydrogens is 388 g/mol. The Balaban J connectivity index is 1.67. The minimum absolute atomic E-state index is 0.179. The molecule has 146 valence electrons. The lowest BCUT2D eigenvalue weighted by molar-refractivity contribution is 0.0733. The number of para-hydroxylation sites is 1. The summed E-state index contributed by atoms with van der Waals surface area (Å²) in [5.74, 6) is 0.207. The van der Waals surface area contributed by atoms with E-state index in [0.29, 0.717) is 34.0 Å². The van der Waals surface area contributed by atoms with Gasteiger partial charge in [-0.25, -0.2) is 9.97 Å². The van der Waals surface area contributed by atoms with Crippen LogP contribution in [0.3, 0.4) is 0 Å². The number of benzene rings is 2. The van der Waals surface area contributed by atoms with Crippen molar-refractivity contribution in [2.24, 2.45) is 0 Å². The summed E-state index contributed by atoms with van der Waals surface area (Å²) in [5.41, 5.74) is 1.38. The SMILES string of the molecule is CCCN(Cc1nc2cc(Cl)ccc2c(=O)[nH]1)C(=O)c1ccc2ccccc2n1. The van der Waals surface area contributed by atoms with Crippen LogP contribution in [0.2, 0.25) is 5.02 Å². The lowest BCUT2D eigenvalue weighted by atomic mass is 10.2. The zero-order valence-corrected chi connectivity index (χ0v) is 16.6. The molecule has 6 nitrogen and oxygen atoms in total. The van der Waals surface area contributed by atoms with E-state index in [9.17, 15) is 9.59 Å². The fourth-order valence-electron chi connectivity index (χ4n) is 3.29. The summed E-state index contributed by atoms with van der Waals surface area (Å²) in [4.78, 5) is 38.9. The molecule has 2 heterocycles. The van der Waals surface area contributed by atoms with Crippen molar-refractivity contribution in [1.29, 1.82) is 0 Å². The molecule has 2 aromatic heterocycles. The molecule has 0 bridgehead atoms. The zero-order chi connectivity index (χ0) is 20.4. The van der Waals surface area contributed by atoms with Gasteiger partial charge in [0.25, 0.3) is 11.5 Å². The number of hydrogen-bond acceptors (Lipinski definition) is 4. The van der Waals surface area contributed by atoms with Gasteiger partial charge >= 0.3 is 0 Å². The number of carbonyl (C=O) groups excluding carboxylic acids is 1. The standard InChI is InChI=1S/C22H19ClN4O2/c1-2-11-27(22(29)18-10-7-14-5-3-4-6-17(14)24-18)13-20-25-19-12-15(23)8-9-16(19)21(28)26-20/h3-10,12H,2,11,13H2,1H3,(H,25,26,28). The highest BCUT2D eigenvalue weighted by molar-refractivity contribution is 6.31. The highest BCUT2D eigenvalue weighted by atomic mass is 35.5. The molecule has 0 aliphatic rings. The molecule has 0 atom stereocenters. The van der Waals surface area contributed by atoms with E-state index in [1.165, 1.54) is 0 Å². The molecule has 4 aromatic rings. The van der Waals surface area contributed by atoms with Gasteiger partial charge in [-0.05, 0) is 36.8 Å². The molecule has 0 radical (unpaired) electrons. The molecule has 1 amide bonds. The summed E-state index contributed by atoms with van der Waals surface area (Å²) in [6.45, 7) is 2.69. The summed E-state index contributed by atoms with van der Waals surface area (Å²) in [5, 5.41) is 1.94. The first-order valence-corrected chi connectivity index (χ1v) is 9.76. The number of aromatic amines is 1. The molecule has 0 saturated carbocycles. The minimum Gasteiger partial charge on any atom is -0.330 e. The van der Waals surface area contributed by atoms with Crippen LogP contribution in [0, 0.1) is 0 Å². The summed E-state index contributed by atoms with van der Waals surface area (Å²) < 4.78 is 0. The molecule has 0 unspecified atom stereocenters. The molecule has 1 N–H and O–H groups in total. The van der Waals surface area contributed by atoms with Crippen LogP contribution in [-0.4, -0.2) is 32.3 Å². The number of halogens is 1. The summed E-state index contributed by atoms with van der Waals surface area (Å²) >= 11 is 6.03. The molecule has 0 fully saturated rings. The maximum absolute atomic E-state index is 13.1. The first-order chi connectivity index (χ1) is 14.0. The first-order valence-electron chi connectivity index (χ1n) is 9.38. The highest BCUT2D eigenvalue weighted by Gasteiger charge is 2.19. The molecule has 0 saturated heterocycles. The van der Waals surface area contributed by atoms with Gasteiger partial charge in [-0.1, -0.05) is 42.8 Å². The van der Waals surface area contributed by atoms with E-state index in [1.807, 2.05) is 37.3 Å². The van der Waals surface area contributed by atoms with E-state index in [4.69, 9.17) is 11.6 Å². The number of aromatic nitrogens is 3. The van der Waals surface area contributed by atoms with Gasteiger partial charge in [0.05, 0.1) is 23.0 Å². The van der Waals surface area contributed by atoms with E-state index in [-0.39, 0.29) is 18.0 Å². The van der Waals surface area contributed by atoms with Crippen LogP contribution < -0.4 is 5.56 Å². The molecular formula is C22H19ClN4O2. The predicted octanol–water partition coefficient (Wildman–Crippen LogP) is 4.18. The lowest BCUT2D eigenvalue weighted by Crippen LogP contribution is -2.33. The fourth-order valence-corrected chi connectivity index (χ4v) is 3.45. The molecule has 7 heteroatoms. The number of pyridine rings is 1. The van der Waals surface area contributed by atoms with Crippen molar-refractivity contribution in [3.05, 3.63) is 81.5 Å². The Labute approximate surface area is 172 Å². The van der Waals surface area contributed by atoms with Gasteiger partial charge in [0.1, 0.15) is 11.5 Å². The molecule has 0 aliphatic carbocycles. The van der Waals surface area contributed by atoms with E-state index in [2.05, 4.69) is 15.0 Å². The zero-order valence-electron chi connectivity index (χ0n) is 15.9. The van der Waals surface area contributed by atoms with Crippen LogP contribution in [-0.2, 0) is 6.54 Å². The third-order valence-corrected chi connectivity index (χ3v) is 4.89. The van der Waals surface area contributed by atoms with Crippen molar-refractivity contribution in [3.63, 3.8) is 0 Å². The quantitative estimate of drug-likeness (QED) is 0.539. The average Bonchev–Trinajstić information content (AvgIpc) is 2.72. The van der Waals surface area contributed by atoms with Crippen molar-refractivity contribution in [1.82, 2.24) is 19.9 Å². The topological polar surface area (TPSA) is 79.0 Å². The van der Waals surface area contributed by atoms with Crippen LogP contribution in [0.25, 0.3) is 21.8 Å². The Bertz CT molecular complexity index is 1270. The Morgan fingerprint density at radius 3 is 2.72 bits per heavy atom. The van der Waals surface area contributed by atoms with E-state index < -0.39 is 0 Å².